The molecule has 1 amide bonds. The van der Waals surface area contributed by atoms with Crippen molar-refractivity contribution in [3.8, 4) is 17.2 Å². The van der Waals surface area contributed by atoms with Gasteiger partial charge in [0.05, 0.1) is 12.2 Å². The Hall–Kier alpha value is -2.80. The summed E-state index contributed by atoms with van der Waals surface area (Å²) in [7, 11) is 0. The Morgan fingerprint density at radius 2 is 1.88 bits per heavy atom. The molecule has 4 rings (SSSR count). The molecule has 2 aromatic rings. The number of phenols is 1. The summed E-state index contributed by atoms with van der Waals surface area (Å²) in [5.41, 5.74) is 6.18. The van der Waals surface area contributed by atoms with Crippen molar-refractivity contribution in [2.24, 2.45) is 23.5 Å². The minimum absolute atomic E-state index is 0.0342. The average molecular weight is 457 g/mol. The first-order chi connectivity index (χ1) is 16.0. The Kier molecular flexibility index (Phi) is 7.38. The van der Waals surface area contributed by atoms with E-state index in [1.165, 1.54) is 6.07 Å². The zero-order valence-electron chi connectivity index (χ0n) is 19.1. The number of hydrogen-bond donors (Lipinski definition) is 2. The molecule has 0 bridgehead atoms. The minimum atomic E-state index is -0.797. The van der Waals surface area contributed by atoms with Crippen molar-refractivity contribution < 1.29 is 23.8 Å². The number of aromatic hydroxyl groups is 1. The summed E-state index contributed by atoms with van der Waals surface area (Å²) < 4.78 is 25.8. The third-order valence-electron chi connectivity index (χ3n) is 6.95. The van der Waals surface area contributed by atoms with Crippen LogP contribution in [0.1, 0.15) is 48.5 Å². The largest absolute Gasteiger partial charge is 0.505 e. The molecule has 7 heteroatoms. The maximum Gasteiger partial charge on any atom is 0.257 e. The smallest absolute Gasteiger partial charge is 0.257 e. The molecule has 0 radical (unpaired) electrons. The Labute approximate surface area is 194 Å². The van der Waals surface area contributed by atoms with E-state index in [0.29, 0.717) is 56.2 Å². The lowest BCUT2D eigenvalue weighted by atomic mass is 9.76. The molecule has 1 unspecified atom stereocenters. The fourth-order valence-corrected chi connectivity index (χ4v) is 5.00. The average Bonchev–Trinajstić information content (AvgIpc) is 3.15. The van der Waals surface area contributed by atoms with Crippen molar-refractivity contribution in [3.63, 3.8) is 0 Å². The second-order valence-corrected chi connectivity index (χ2v) is 9.30. The highest BCUT2D eigenvalue weighted by molar-refractivity contribution is 5.99. The molecule has 33 heavy (non-hydrogen) atoms. The second-order valence-electron chi connectivity index (χ2n) is 9.30. The van der Waals surface area contributed by atoms with Crippen LogP contribution in [0.3, 0.4) is 0 Å². The lowest BCUT2D eigenvalue weighted by Gasteiger charge is -2.34. The van der Waals surface area contributed by atoms with E-state index in [-0.39, 0.29) is 11.5 Å². The van der Waals surface area contributed by atoms with Gasteiger partial charge < -0.3 is 25.2 Å². The van der Waals surface area contributed by atoms with Gasteiger partial charge in [-0.15, -0.1) is 0 Å². The molecular formula is C26H33FN2O4. The first-order valence-electron chi connectivity index (χ1n) is 11.8. The lowest BCUT2D eigenvalue weighted by Crippen LogP contribution is -2.33. The van der Waals surface area contributed by atoms with Crippen molar-refractivity contribution in [1.82, 2.24) is 4.90 Å². The van der Waals surface area contributed by atoms with E-state index < -0.39 is 11.6 Å². The van der Waals surface area contributed by atoms with Crippen LogP contribution in [-0.2, 0) is 6.54 Å². The van der Waals surface area contributed by atoms with Gasteiger partial charge in [0.1, 0.15) is 18.1 Å². The van der Waals surface area contributed by atoms with E-state index in [1.54, 1.807) is 11.0 Å². The van der Waals surface area contributed by atoms with Gasteiger partial charge in [-0.25, -0.2) is 4.39 Å². The molecule has 3 N–H and O–H groups in total. The van der Waals surface area contributed by atoms with Gasteiger partial charge in [0.2, 0.25) is 0 Å². The summed E-state index contributed by atoms with van der Waals surface area (Å²) in [4.78, 5) is 14.4. The number of carbonyl (C=O) groups is 1. The molecular weight excluding hydrogens is 423 g/mol. The summed E-state index contributed by atoms with van der Waals surface area (Å²) in [6, 6.07) is 10.6. The quantitative estimate of drug-likeness (QED) is 0.586. The molecule has 0 spiro atoms. The van der Waals surface area contributed by atoms with Gasteiger partial charge in [-0.1, -0.05) is 19.1 Å². The number of nitrogens with two attached hydrogens (primary N) is 1. The number of benzene rings is 2. The van der Waals surface area contributed by atoms with Crippen LogP contribution in [0.4, 0.5) is 4.39 Å². The van der Waals surface area contributed by atoms with Gasteiger partial charge in [0.15, 0.2) is 11.6 Å². The lowest BCUT2D eigenvalue weighted by molar-refractivity contribution is 0.0711. The Morgan fingerprint density at radius 3 is 2.61 bits per heavy atom. The predicted octanol–water partition coefficient (Wildman–Crippen LogP) is 4.35. The third-order valence-corrected chi connectivity index (χ3v) is 6.95. The monoisotopic (exact) mass is 456 g/mol. The van der Waals surface area contributed by atoms with Crippen LogP contribution in [0.5, 0.6) is 17.2 Å². The Morgan fingerprint density at radius 1 is 1.15 bits per heavy atom. The standard InChI is InChI=1S/C26H33FN2O4/c1-17(16-33-22-4-2-3-21(13-22)32-12-11-28)19-7-5-18(6-8-19)14-29-15-20-9-10-23(30)25(27)24(20)26(29)31/h2-4,9-10,13,17-19,30H,5-8,11-12,14-16,28H2,1H3. The number of halogens is 1. The van der Waals surface area contributed by atoms with Crippen LogP contribution in [-0.4, -0.2) is 42.2 Å². The molecule has 1 aliphatic heterocycles. The zero-order valence-corrected chi connectivity index (χ0v) is 19.1. The molecule has 1 heterocycles. The highest BCUT2D eigenvalue weighted by atomic mass is 19.1. The van der Waals surface area contributed by atoms with E-state index in [9.17, 15) is 14.3 Å². The van der Waals surface area contributed by atoms with Crippen molar-refractivity contribution >= 4 is 5.91 Å². The van der Waals surface area contributed by atoms with Gasteiger partial charge in [0.25, 0.3) is 5.91 Å². The Balaban J connectivity index is 1.23. The zero-order chi connectivity index (χ0) is 23.4. The topological polar surface area (TPSA) is 85.0 Å². The highest BCUT2D eigenvalue weighted by Gasteiger charge is 2.34. The number of hydrogen-bond acceptors (Lipinski definition) is 5. The molecule has 0 aromatic heterocycles. The molecule has 0 saturated heterocycles. The first-order valence-corrected chi connectivity index (χ1v) is 11.8. The molecule has 6 nitrogen and oxygen atoms in total. The van der Waals surface area contributed by atoms with E-state index in [0.717, 1.165) is 37.2 Å². The first kappa shape index (κ1) is 23.4. The molecule has 1 aliphatic carbocycles. The number of rotatable bonds is 9. The van der Waals surface area contributed by atoms with Crippen LogP contribution in [0.25, 0.3) is 0 Å². The number of carbonyl (C=O) groups excluding carboxylic acids is 1. The normalized spacial score (nSPS) is 21.1. The van der Waals surface area contributed by atoms with Gasteiger partial charge in [0, 0.05) is 25.7 Å². The fraction of sp³-hybridized carbons (Fsp3) is 0.500. The molecule has 1 saturated carbocycles. The summed E-state index contributed by atoms with van der Waals surface area (Å²) >= 11 is 0. The highest BCUT2D eigenvalue weighted by Crippen LogP contribution is 2.36. The van der Waals surface area contributed by atoms with Crippen LogP contribution in [0, 0.1) is 23.6 Å². The minimum Gasteiger partial charge on any atom is -0.505 e. The SMILES string of the molecule is CC(COc1cccc(OCCN)c1)C1CCC(CN2Cc3ccc(O)c(F)c3C2=O)CC1. The predicted molar refractivity (Wildman–Crippen MR) is 124 cm³/mol. The van der Waals surface area contributed by atoms with E-state index in [1.807, 2.05) is 24.3 Å². The summed E-state index contributed by atoms with van der Waals surface area (Å²) in [5, 5.41) is 9.59. The van der Waals surface area contributed by atoms with Gasteiger partial charge in [-0.2, -0.15) is 0 Å². The third kappa shape index (κ3) is 5.41. The molecule has 2 aromatic carbocycles. The van der Waals surface area contributed by atoms with Gasteiger partial charge in [-0.3, -0.25) is 4.79 Å². The molecule has 178 valence electrons. The number of phenolic OH excluding ortho intramolecular Hbond substituents is 1. The number of nitrogens with zero attached hydrogens (tertiary/aromatic N) is 1. The van der Waals surface area contributed by atoms with Crippen LogP contribution < -0.4 is 15.2 Å². The molecule has 2 aliphatic rings. The van der Waals surface area contributed by atoms with Crippen LogP contribution in [0.2, 0.25) is 0 Å². The number of ether oxygens (including phenoxy) is 2. The van der Waals surface area contributed by atoms with Gasteiger partial charge in [-0.05, 0) is 67.2 Å². The van der Waals surface area contributed by atoms with E-state index in [2.05, 4.69) is 6.92 Å². The number of fused-ring (bicyclic) bond motifs is 1. The van der Waals surface area contributed by atoms with Crippen LogP contribution >= 0.6 is 0 Å². The summed E-state index contributed by atoms with van der Waals surface area (Å²) in [6.07, 6.45) is 4.29. The molecule has 1 fully saturated rings. The van der Waals surface area contributed by atoms with Crippen molar-refractivity contribution in [2.75, 3.05) is 26.3 Å². The van der Waals surface area contributed by atoms with E-state index in [4.69, 9.17) is 15.2 Å². The van der Waals surface area contributed by atoms with E-state index >= 15 is 0 Å². The maximum absolute atomic E-state index is 14.2. The van der Waals surface area contributed by atoms with Crippen molar-refractivity contribution in [1.29, 1.82) is 0 Å². The molecule has 1 atom stereocenters. The number of amides is 1. The van der Waals surface area contributed by atoms with Crippen LogP contribution in [0.15, 0.2) is 36.4 Å². The fourth-order valence-electron chi connectivity index (χ4n) is 5.00. The van der Waals surface area contributed by atoms with Crippen molar-refractivity contribution in [2.45, 2.75) is 39.2 Å². The van der Waals surface area contributed by atoms with Gasteiger partial charge >= 0.3 is 0 Å². The van der Waals surface area contributed by atoms with Crippen molar-refractivity contribution in [3.05, 3.63) is 53.3 Å². The maximum atomic E-state index is 14.2. The second kappa shape index (κ2) is 10.4. The summed E-state index contributed by atoms with van der Waals surface area (Å²) in [5.74, 6) is 1.42. The Bertz CT molecular complexity index is 975. The summed E-state index contributed by atoms with van der Waals surface area (Å²) in [6.45, 7) is 4.90.